The van der Waals surface area contributed by atoms with Crippen molar-refractivity contribution in [2.24, 2.45) is 0 Å². The molecule has 1 aliphatic rings. The highest BCUT2D eigenvalue weighted by Gasteiger charge is 2.31. The average molecular weight is 423 g/mol. The third-order valence-corrected chi connectivity index (χ3v) is 4.80. The minimum absolute atomic E-state index is 0.0287. The molecule has 0 amide bonds. The fourth-order valence-electron chi connectivity index (χ4n) is 3.30. The molecule has 3 heterocycles. The van der Waals surface area contributed by atoms with E-state index in [0.29, 0.717) is 28.5 Å². The minimum atomic E-state index is -0.499. The molecule has 0 atom stereocenters. The number of benzene rings is 1. The first-order valence-corrected chi connectivity index (χ1v) is 9.68. The molecule has 0 radical (unpaired) electrons. The molecule has 3 aromatic heterocycles. The van der Waals surface area contributed by atoms with Gasteiger partial charge < -0.3 is 5.32 Å². The van der Waals surface area contributed by atoms with Crippen LogP contribution in [0.3, 0.4) is 0 Å². The number of fused-ring (bicyclic) bond motifs is 1. The number of halogens is 1. The standard InChI is InChI=1S/C24H14FN5O2/c25-14-7-9-15(10-8-14)28-18-13-19(31)22-23(24(18)32)30-21(17-6-2-4-12-27-17)20(29-22)16-5-1-3-11-26-16/h1-13,28H. The number of anilines is 1. The summed E-state index contributed by atoms with van der Waals surface area (Å²) in [5.74, 6) is -1.38. The highest BCUT2D eigenvalue weighted by molar-refractivity contribution is 6.24. The lowest BCUT2D eigenvalue weighted by molar-refractivity contribution is 0.0978. The first-order valence-electron chi connectivity index (χ1n) is 9.68. The molecule has 32 heavy (non-hydrogen) atoms. The molecule has 154 valence electrons. The Hall–Kier alpha value is -4.59. The lowest BCUT2D eigenvalue weighted by Crippen LogP contribution is -2.25. The molecule has 0 spiro atoms. The van der Waals surface area contributed by atoms with E-state index in [4.69, 9.17) is 0 Å². The van der Waals surface area contributed by atoms with Gasteiger partial charge in [0.15, 0.2) is 0 Å². The van der Waals surface area contributed by atoms with Crippen molar-refractivity contribution in [2.45, 2.75) is 0 Å². The maximum absolute atomic E-state index is 13.2. The van der Waals surface area contributed by atoms with Gasteiger partial charge in [-0.1, -0.05) is 12.1 Å². The molecule has 1 aromatic carbocycles. The first-order chi connectivity index (χ1) is 15.6. The number of carbonyl (C=O) groups excluding carboxylic acids is 2. The fourth-order valence-corrected chi connectivity index (χ4v) is 3.30. The Bertz CT molecular complexity index is 1370. The third kappa shape index (κ3) is 3.54. The number of pyridine rings is 2. The topological polar surface area (TPSA) is 97.7 Å². The average Bonchev–Trinajstić information content (AvgIpc) is 2.84. The predicted molar refractivity (Wildman–Crippen MR) is 115 cm³/mol. The van der Waals surface area contributed by atoms with Gasteiger partial charge in [0.25, 0.3) is 0 Å². The van der Waals surface area contributed by atoms with Crippen LogP contribution in [0.15, 0.2) is 84.8 Å². The van der Waals surface area contributed by atoms with Crippen LogP contribution in [0.1, 0.15) is 21.0 Å². The Morgan fingerprint density at radius 3 is 1.84 bits per heavy atom. The summed E-state index contributed by atoms with van der Waals surface area (Å²) in [6.07, 6.45) is 4.38. The Kier molecular flexibility index (Phi) is 4.79. The smallest absolute Gasteiger partial charge is 0.230 e. The Balaban J connectivity index is 1.63. The number of nitrogens with one attached hydrogen (secondary N) is 1. The van der Waals surface area contributed by atoms with Crippen molar-refractivity contribution in [2.75, 3.05) is 5.32 Å². The van der Waals surface area contributed by atoms with Crippen LogP contribution in [0.4, 0.5) is 10.1 Å². The van der Waals surface area contributed by atoms with Gasteiger partial charge in [0.1, 0.15) is 28.6 Å². The molecule has 0 fully saturated rings. The highest BCUT2D eigenvalue weighted by atomic mass is 19.1. The van der Waals surface area contributed by atoms with Gasteiger partial charge in [0.05, 0.1) is 17.1 Å². The van der Waals surface area contributed by atoms with Gasteiger partial charge in [0, 0.05) is 24.2 Å². The lowest BCUT2D eigenvalue weighted by Gasteiger charge is -2.18. The van der Waals surface area contributed by atoms with Gasteiger partial charge in [-0.25, -0.2) is 14.4 Å². The molecule has 0 aliphatic heterocycles. The normalized spacial score (nSPS) is 12.8. The second-order valence-electron chi connectivity index (χ2n) is 6.93. The second-order valence-corrected chi connectivity index (χ2v) is 6.93. The molecular weight excluding hydrogens is 409 g/mol. The molecule has 0 unspecified atom stereocenters. The number of hydrogen-bond donors (Lipinski definition) is 1. The van der Waals surface area contributed by atoms with Crippen LogP contribution in [0.25, 0.3) is 22.8 Å². The maximum Gasteiger partial charge on any atom is 0.230 e. The van der Waals surface area contributed by atoms with Crippen LogP contribution in [0, 0.1) is 5.82 Å². The molecule has 1 aliphatic carbocycles. The van der Waals surface area contributed by atoms with Gasteiger partial charge in [-0.3, -0.25) is 19.6 Å². The molecular formula is C24H14FN5O2. The summed E-state index contributed by atoms with van der Waals surface area (Å²) in [5, 5.41) is 2.86. The number of allylic oxidation sites excluding steroid dienone is 2. The predicted octanol–water partition coefficient (Wildman–Crippen LogP) is 4.11. The largest absolute Gasteiger partial charge is 0.352 e. The molecule has 7 nitrogen and oxygen atoms in total. The maximum atomic E-state index is 13.2. The quantitative estimate of drug-likeness (QED) is 0.527. The van der Waals surface area contributed by atoms with E-state index in [1.165, 1.54) is 30.3 Å². The van der Waals surface area contributed by atoms with E-state index in [1.807, 2.05) is 0 Å². The summed E-state index contributed by atoms with van der Waals surface area (Å²) in [6, 6.07) is 16.0. The van der Waals surface area contributed by atoms with Crippen molar-refractivity contribution in [3.8, 4) is 22.8 Å². The van der Waals surface area contributed by atoms with E-state index in [-0.39, 0.29) is 17.1 Å². The van der Waals surface area contributed by atoms with Crippen molar-refractivity contribution in [1.29, 1.82) is 0 Å². The van der Waals surface area contributed by atoms with Crippen molar-refractivity contribution in [1.82, 2.24) is 19.9 Å². The minimum Gasteiger partial charge on any atom is -0.352 e. The van der Waals surface area contributed by atoms with Gasteiger partial charge in [-0.05, 0) is 48.5 Å². The molecule has 0 saturated carbocycles. The second kappa shape index (κ2) is 7.92. The number of rotatable bonds is 4. The van der Waals surface area contributed by atoms with E-state index in [2.05, 4.69) is 25.3 Å². The van der Waals surface area contributed by atoms with Gasteiger partial charge >= 0.3 is 0 Å². The molecule has 0 bridgehead atoms. The first kappa shape index (κ1) is 19.4. The summed E-state index contributed by atoms with van der Waals surface area (Å²) >= 11 is 0. The van der Waals surface area contributed by atoms with Crippen molar-refractivity contribution in [3.63, 3.8) is 0 Å². The van der Waals surface area contributed by atoms with E-state index in [1.54, 1.807) is 48.8 Å². The molecule has 4 aromatic rings. The van der Waals surface area contributed by atoms with E-state index < -0.39 is 17.4 Å². The third-order valence-electron chi connectivity index (χ3n) is 4.80. The van der Waals surface area contributed by atoms with Gasteiger partial charge in [0.2, 0.25) is 11.6 Å². The molecule has 5 rings (SSSR count). The van der Waals surface area contributed by atoms with Crippen LogP contribution >= 0.6 is 0 Å². The summed E-state index contributed by atoms with van der Waals surface area (Å²) in [5.41, 5.74) is 2.04. The van der Waals surface area contributed by atoms with E-state index in [0.717, 1.165) is 0 Å². The zero-order chi connectivity index (χ0) is 22.1. The van der Waals surface area contributed by atoms with Crippen LogP contribution in [0.2, 0.25) is 0 Å². The van der Waals surface area contributed by atoms with Crippen LogP contribution in [0.5, 0.6) is 0 Å². The molecule has 8 heteroatoms. The number of carbonyl (C=O) groups is 2. The zero-order valence-electron chi connectivity index (χ0n) is 16.5. The Morgan fingerprint density at radius 2 is 1.28 bits per heavy atom. The Morgan fingerprint density at radius 1 is 0.688 bits per heavy atom. The van der Waals surface area contributed by atoms with Crippen molar-refractivity contribution >= 4 is 17.3 Å². The fraction of sp³-hybridized carbons (Fsp3) is 0. The lowest BCUT2D eigenvalue weighted by atomic mass is 10.00. The number of nitrogens with zero attached hydrogens (tertiary/aromatic N) is 4. The van der Waals surface area contributed by atoms with E-state index in [9.17, 15) is 14.0 Å². The summed E-state index contributed by atoms with van der Waals surface area (Å²) in [7, 11) is 0. The summed E-state index contributed by atoms with van der Waals surface area (Å²) in [4.78, 5) is 43.7. The number of hydrogen-bond acceptors (Lipinski definition) is 7. The molecule has 0 saturated heterocycles. The number of ketones is 2. The van der Waals surface area contributed by atoms with Gasteiger partial charge in [-0.15, -0.1) is 0 Å². The number of aromatic nitrogens is 4. The van der Waals surface area contributed by atoms with E-state index >= 15 is 0 Å². The van der Waals surface area contributed by atoms with Gasteiger partial charge in [-0.2, -0.15) is 0 Å². The van der Waals surface area contributed by atoms with Crippen LogP contribution in [-0.4, -0.2) is 31.5 Å². The Labute approximate surface area is 181 Å². The molecule has 1 N–H and O–H groups in total. The monoisotopic (exact) mass is 423 g/mol. The van der Waals surface area contributed by atoms with Crippen molar-refractivity contribution < 1.29 is 14.0 Å². The summed E-state index contributed by atoms with van der Waals surface area (Å²) < 4.78 is 13.2. The summed E-state index contributed by atoms with van der Waals surface area (Å²) in [6.45, 7) is 0. The SMILES string of the molecule is O=C1C=C(Nc2ccc(F)cc2)C(=O)c2nc(-c3ccccn3)c(-c3ccccn3)nc21. The van der Waals surface area contributed by atoms with Crippen LogP contribution < -0.4 is 5.32 Å². The zero-order valence-corrected chi connectivity index (χ0v) is 16.5. The van der Waals surface area contributed by atoms with Crippen LogP contribution in [-0.2, 0) is 0 Å². The number of Topliss-reactive ketones (excluding diaryl/α,β-unsaturated/α-hetero) is 1. The highest BCUT2D eigenvalue weighted by Crippen LogP contribution is 2.30. The van der Waals surface area contributed by atoms with Crippen molar-refractivity contribution in [3.05, 3.63) is 102 Å².